The van der Waals surface area contributed by atoms with Crippen molar-refractivity contribution >= 4 is 6.03 Å². The molecule has 1 saturated carbocycles. The summed E-state index contributed by atoms with van der Waals surface area (Å²) in [5.74, 6) is 1.52. The lowest BCUT2D eigenvalue weighted by Gasteiger charge is -2.23. The summed E-state index contributed by atoms with van der Waals surface area (Å²) in [4.78, 5) is 14.2. The summed E-state index contributed by atoms with van der Waals surface area (Å²) in [6, 6.07) is 16.2. The van der Waals surface area contributed by atoms with Crippen molar-refractivity contribution in [3.05, 3.63) is 59.7 Å². The summed E-state index contributed by atoms with van der Waals surface area (Å²) >= 11 is 0. The summed E-state index contributed by atoms with van der Waals surface area (Å²) < 4.78 is 11.1. The summed E-state index contributed by atoms with van der Waals surface area (Å²) in [5, 5.41) is 3.10. The van der Waals surface area contributed by atoms with Crippen LogP contribution in [0.4, 0.5) is 4.79 Å². The molecule has 0 unspecified atom stereocenters. The lowest BCUT2D eigenvalue weighted by atomic mass is 9.96. The molecule has 1 fully saturated rings. The highest BCUT2D eigenvalue weighted by molar-refractivity contribution is 5.74. The van der Waals surface area contributed by atoms with Crippen LogP contribution in [-0.2, 0) is 12.0 Å². The molecular formula is C21H24N2O3. The van der Waals surface area contributed by atoms with Crippen molar-refractivity contribution in [3.8, 4) is 11.5 Å². The Labute approximate surface area is 153 Å². The molecule has 1 heterocycles. The molecule has 2 aromatic carbocycles. The second-order valence-electron chi connectivity index (χ2n) is 7.14. The number of nitrogens with one attached hydrogen (secondary N) is 1. The molecule has 1 aliphatic carbocycles. The first-order valence-electron chi connectivity index (χ1n) is 9.09. The van der Waals surface area contributed by atoms with E-state index in [2.05, 4.69) is 29.6 Å². The van der Waals surface area contributed by atoms with Crippen LogP contribution < -0.4 is 14.8 Å². The standard InChI is InChI=1S/C21H24N2O3/c1-23(14-16-7-8-18-19(13-16)26-12-11-25-18)20(24)22-15-21(9-10-21)17-5-3-2-4-6-17/h2-8,13H,9-12,14-15H2,1H3,(H,22,24). The fourth-order valence-corrected chi connectivity index (χ4v) is 3.42. The lowest BCUT2D eigenvalue weighted by molar-refractivity contribution is 0.171. The van der Waals surface area contributed by atoms with Crippen molar-refractivity contribution in [1.29, 1.82) is 0 Å². The van der Waals surface area contributed by atoms with Crippen molar-refractivity contribution in [3.63, 3.8) is 0 Å². The quantitative estimate of drug-likeness (QED) is 0.898. The van der Waals surface area contributed by atoms with Gasteiger partial charge in [-0.3, -0.25) is 0 Å². The summed E-state index contributed by atoms with van der Waals surface area (Å²) in [6.07, 6.45) is 2.26. The molecule has 0 radical (unpaired) electrons. The molecule has 1 N–H and O–H groups in total. The topological polar surface area (TPSA) is 50.8 Å². The molecule has 136 valence electrons. The van der Waals surface area contributed by atoms with Crippen LogP contribution >= 0.6 is 0 Å². The average Bonchev–Trinajstić information content (AvgIpc) is 3.48. The molecular weight excluding hydrogens is 328 g/mol. The molecule has 0 saturated heterocycles. The Morgan fingerprint density at radius 2 is 1.81 bits per heavy atom. The van der Waals surface area contributed by atoms with E-state index in [9.17, 15) is 4.79 Å². The van der Waals surface area contributed by atoms with Crippen molar-refractivity contribution in [2.45, 2.75) is 24.8 Å². The second-order valence-corrected chi connectivity index (χ2v) is 7.14. The van der Waals surface area contributed by atoms with E-state index in [1.807, 2.05) is 31.3 Å². The number of rotatable bonds is 5. The van der Waals surface area contributed by atoms with Gasteiger partial charge in [0.05, 0.1) is 0 Å². The molecule has 0 spiro atoms. The average molecular weight is 352 g/mol. The minimum Gasteiger partial charge on any atom is -0.486 e. The van der Waals surface area contributed by atoms with Gasteiger partial charge in [-0.05, 0) is 36.1 Å². The molecule has 5 nitrogen and oxygen atoms in total. The third-order valence-corrected chi connectivity index (χ3v) is 5.19. The molecule has 0 aromatic heterocycles. The molecule has 0 atom stereocenters. The summed E-state index contributed by atoms with van der Waals surface area (Å²) in [6.45, 7) is 2.36. The number of urea groups is 1. The van der Waals surface area contributed by atoms with Crippen LogP contribution in [0.15, 0.2) is 48.5 Å². The predicted molar refractivity (Wildman–Crippen MR) is 99.7 cm³/mol. The minimum atomic E-state index is -0.0536. The van der Waals surface area contributed by atoms with Crippen LogP contribution in [0.2, 0.25) is 0 Å². The lowest BCUT2D eigenvalue weighted by Crippen LogP contribution is -2.40. The van der Waals surface area contributed by atoms with E-state index in [1.54, 1.807) is 4.90 Å². The zero-order valence-corrected chi connectivity index (χ0v) is 15.0. The first-order valence-corrected chi connectivity index (χ1v) is 9.09. The van der Waals surface area contributed by atoms with E-state index in [0.717, 1.165) is 29.9 Å². The number of amides is 2. The van der Waals surface area contributed by atoms with Crippen LogP contribution in [0, 0.1) is 0 Å². The fraction of sp³-hybridized carbons (Fsp3) is 0.381. The number of hydrogen-bond donors (Lipinski definition) is 1. The zero-order valence-electron chi connectivity index (χ0n) is 15.0. The Kier molecular flexibility index (Phi) is 4.45. The third kappa shape index (κ3) is 3.47. The van der Waals surface area contributed by atoms with Gasteiger partial charge in [0, 0.05) is 25.6 Å². The number of benzene rings is 2. The van der Waals surface area contributed by atoms with E-state index in [1.165, 1.54) is 5.56 Å². The number of ether oxygens (including phenoxy) is 2. The SMILES string of the molecule is CN(Cc1ccc2c(c1)OCCO2)C(=O)NCC1(c2ccccc2)CC1. The maximum atomic E-state index is 12.5. The zero-order chi connectivity index (χ0) is 18.0. The summed E-state index contributed by atoms with van der Waals surface area (Å²) in [7, 11) is 1.81. The van der Waals surface area contributed by atoms with Crippen molar-refractivity contribution in [2.24, 2.45) is 0 Å². The van der Waals surface area contributed by atoms with E-state index in [4.69, 9.17) is 9.47 Å². The maximum absolute atomic E-state index is 12.5. The highest BCUT2D eigenvalue weighted by atomic mass is 16.6. The third-order valence-electron chi connectivity index (χ3n) is 5.19. The smallest absolute Gasteiger partial charge is 0.317 e. The highest BCUT2D eigenvalue weighted by Crippen LogP contribution is 2.47. The van der Waals surface area contributed by atoms with Gasteiger partial charge < -0.3 is 19.7 Å². The first-order chi connectivity index (χ1) is 12.7. The molecule has 2 aromatic rings. The van der Waals surface area contributed by atoms with Gasteiger partial charge >= 0.3 is 6.03 Å². The normalized spacial score (nSPS) is 16.7. The number of carbonyl (C=O) groups excluding carboxylic acids is 1. The minimum absolute atomic E-state index is 0.0536. The van der Waals surface area contributed by atoms with Gasteiger partial charge in [-0.25, -0.2) is 4.79 Å². The Bertz CT molecular complexity index is 787. The van der Waals surface area contributed by atoms with Gasteiger partial charge in [0.15, 0.2) is 11.5 Å². The first kappa shape index (κ1) is 16.8. The second kappa shape index (κ2) is 6.90. The number of nitrogens with zero attached hydrogens (tertiary/aromatic N) is 1. The number of fused-ring (bicyclic) bond motifs is 1. The van der Waals surface area contributed by atoms with Gasteiger partial charge in [-0.15, -0.1) is 0 Å². The molecule has 2 aliphatic rings. The Balaban J connectivity index is 1.34. The molecule has 4 rings (SSSR count). The maximum Gasteiger partial charge on any atom is 0.317 e. The number of hydrogen-bond acceptors (Lipinski definition) is 3. The molecule has 2 amide bonds. The van der Waals surface area contributed by atoms with Crippen molar-refractivity contribution in [2.75, 3.05) is 26.8 Å². The van der Waals surface area contributed by atoms with Crippen LogP contribution in [0.3, 0.4) is 0 Å². The van der Waals surface area contributed by atoms with E-state index >= 15 is 0 Å². The van der Waals surface area contributed by atoms with Gasteiger partial charge in [0.1, 0.15) is 13.2 Å². The number of carbonyl (C=O) groups is 1. The Morgan fingerprint density at radius 3 is 2.54 bits per heavy atom. The van der Waals surface area contributed by atoms with Crippen LogP contribution in [0.25, 0.3) is 0 Å². The van der Waals surface area contributed by atoms with Gasteiger partial charge in [0.2, 0.25) is 0 Å². The van der Waals surface area contributed by atoms with Crippen LogP contribution in [0.5, 0.6) is 11.5 Å². The fourth-order valence-electron chi connectivity index (χ4n) is 3.42. The predicted octanol–water partition coefficient (Wildman–Crippen LogP) is 3.33. The Morgan fingerprint density at radius 1 is 1.08 bits per heavy atom. The van der Waals surface area contributed by atoms with Crippen molar-refractivity contribution in [1.82, 2.24) is 10.2 Å². The Hall–Kier alpha value is -2.69. The summed E-state index contributed by atoms with van der Waals surface area (Å²) in [5.41, 5.74) is 2.46. The van der Waals surface area contributed by atoms with Gasteiger partial charge in [-0.1, -0.05) is 36.4 Å². The monoisotopic (exact) mass is 352 g/mol. The molecule has 0 bridgehead atoms. The van der Waals surface area contributed by atoms with Crippen molar-refractivity contribution < 1.29 is 14.3 Å². The van der Waals surface area contributed by atoms with Gasteiger partial charge in [-0.2, -0.15) is 0 Å². The van der Waals surface area contributed by atoms with Gasteiger partial charge in [0.25, 0.3) is 0 Å². The molecule has 1 aliphatic heterocycles. The van der Waals surface area contributed by atoms with E-state index in [-0.39, 0.29) is 11.4 Å². The largest absolute Gasteiger partial charge is 0.486 e. The van der Waals surface area contributed by atoms with Crippen LogP contribution in [0.1, 0.15) is 24.0 Å². The molecule has 5 heteroatoms. The highest BCUT2D eigenvalue weighted by Gasteiger charge is 2.44. The van der Waals surface area contributed by atoms with E-state index < -0.39 is 0 Å². The molecule has 26 heavy (non-hydrogen) atoms. The van der Waals surface area contributed by atoms with E-state index in [0.29, 0.717) is 26.3 Å². The van der Waals surface area contributed by atoms with Crippen LogP contribution in [-0.4, -0.2) is 37.7 Å².